The van der Waals surface area contributed by atoms with E-state index in [4.69, 9.17) is 4.74 Å². The molecule has 6 nitrogen and oxygen atoms in total. The molecule has 2 heterocycles. The fraction of sp³-hybridized carbons (Fsp3) is 0.333. The summed E-state index contributed by atoms with van der Waals surface area (Å²) in [5, 5.41) is 2.99. The standard InChI is InChI=1S/C30H33N3O3/c34-29(31-18-17-23-10-3-1-4-11-23)28-22-33(26-15-7-8-16-27(26)36-28)30(35)25-14-9-19-32(21-25)20-24-12-5-2-6-13-24/h1-8,10-13,15-16,25,28H,9,14,17-22H2,(H,31,34)/t25-,28-/m0/s1. The third-order valence-electron chi connectivity index (χ3n) is 6.99. The maximum Gasteiger partial charge on any atom is 0.262 e. The quantitative estimate of drug-likeness (QED) is 0.551. The van der Waals surface area contributed by atoms with Gasteiger partial charge in [-0.05, 0) is 49.1 Å². The number of benzene rings is 3. The van der Waals surface area contributed by atoms with Crippen molar-refractivity contribution in [2.75, 3.05) is 31.1 Å². The van der Waals surface area contributed by atoms with E-state index < -0.39 is 6.10 Å². The molecule has 0 saturated carbocycles. The number of anilines is 1. The van der Waals surface area contributed by atoms with Crippen molar-refractivity contribution in [2.45, 2.75) is 31.9 Å². The molecule has 0 radical (unpaired) electrons. The minimum atomic E-state index is -0.733. The van der Waals surface area contributed by atoms with Crippen LogP contribution in [0, 0.1) is 5.92 Å². The van der Waals surface area contributed by atoms with E-state index in [9.17, 15) is 9.59 Å². The van der Waals surface area contributed by atoms with Gasteiger partial charge in [0.2, 0.25) is 5.91 Å². The first-order valence-corrected chi connectivity index (χ1v) is 12.8. The molecule has 36 heavy (non-hydrogen) atoms. The van der Waals surface area contributed by atoms with Gasteiger partial charge in [-0.3, -0.25) is 14.5 Å². The number of para-hydroxylation sites is 2. The number of fused-ring (bicyclic) bond motifs is 1. The minimum absolute atomic E-state index is 0.0746. The van der Waals surface area contributed by atoms with Gasteiger partial charge in [-0.2, -0.15) is 0 Å². The predicted octanol–water partition coefficient (Wildman–Crippen LogP) is 4.05. The highest BCUT2D eigenvalue weighted by Crippen LogP contribution is 2.35. The number of likely N-dealkylation sites (tertiary alicyclic amines) is 1. The Hall–Kier alpha value is -3.64. The Morgan fingerprint density at radius 1 is 0.861 bits per heavy atom. The smallest absolute Gasteiger partial charge is 0.262 e. The normalized spacial score (nSPS) is 19.7. The van der Waals surface area contributed by atoms with Crippen molar-refractivity contribution in [1.82, 2.24) is 10.2 Å². The van der Waals surface area contributed by atoms with Crippen molar-refractivity contribution in [3.8, 4) is 5.75 Å². The molecule has 0 aliphatic carbocycles. The third-order valence-corrected chi connectivity index (χ3v) is 6.99. The molecule has 3 aromatic carbocycles. The molecule has 186 valence electrons. The summed E-state index contributed by atoms with van der Waals surface area (Å²) in [6.45, 7) is 3.31. The molecular formula is C30H33N3O3. The van der Waals surface area contributed by atoms with Crippen LogP contribution in [0.25, 0.3) is 0 Å². The number of hydrogen-bond acceptors (Lipinski definition) is 4. The topological polar surface area (TPSA) is 61.9 Å². The Morgan fingerprint density at radius 2 is 1.56 bits per heavy atom. The van der Waals surface area contributed by atoms with Crippen molar-refractivity contribution in [3.63, 3.8) is 0 Å². The Labute approximate surface area is 212 Å². The second-order valence-electron chi connectivity index (χ2n) is 9.61. The van der Waals surface area contributed by atoms with Gasteiger partial charge in [0, 0.05) is 19.6 Å². The molecule has 2 aliphatic heterocycles. The summed E-state index contributed by atoms with van der Waals surface area (Å²) in [7, 11) is 0. The number of nitrogens with zero attached hydrogens (tertiary/aromatic N) is 2. The first-order valence-electron chi connectivity index (χ1n) is 12.8. The van der Waals surface area contributed by atoms with Crippen LogP contribution in [0.4, 0.5) is 5.69 Å². The summed E-state index contributed by atoms with van der Waals surface area (Å²) < 4.78 is 6.05. The van der Waals surface area contributed by atoms with E-state index in [1.807, 2.05) is 60.7 Å². The molecule has 1 saturated heterocycles. The van der Waals surface area contributed by atoms with E-state index in [1.165, 1.54) is 11.1 Å². The zero-order chi connectivity index (χ0) is 24.7. The Bertz CT molecular complexity index is 1170. The molecular weight excluding hydrogens is 450 g/mol. The highest BCUT2D eigenvalue weighted by Gasteiger charge is 2.37. The highest BCUT2D eigenvalue weighted by atomic mass is 16.5. The van der Waals surface area contributed by atoms with E-state index in [0.29, 0.717) is 12.3 Å². The van der Waals surface area contributed by atoms with Crippen molar-refractivity contribution < 1.29 is 14.3 Å². The molecule has 1 fully saturated rings. The van der Waals surface area contributed by atoms with Crippen LogP contribution in [0.5, 0.6) is 5.75 Å². The third kappa shape index (κ3) is 5.77. The molecule has 0 bridgehead atoms. The van der Waals surface area contributed by atoms with Gasteiger partial charge in [-0.1, -0.05) is 72.8 Å². The van der Waals surface area contributed by atoms with Crippen LogP contribution < -0.4 is 15.0 Å². The van der Waals surface area contributed by atoms with E-state index >= 15 is 0 Å². The first-order chi connectivity index (χ1) is 17.7. The maximum absolute atomic E-state index is 13.8. The lowest BCUT2D eigenvalue weighted by molar-refractivity contribution is -0.129. The average molecular weight is 484 g/mol. The number of hydrogen-bond donors (Lipinski definition) is 1. The van der Waals surface area contributed by atoms with Crippen LogP contribution in [0.2, 0.25) is 0 Å². The van der Waals surface area contributed by atoms with Crippen LogP contribution in [-0.2, 0) is 22.6 Å². The zero-order valence-electron chi connectivity index (χ0n) is 20.5. The van der Waals surface area contributed by atoms with Gasteiger partial charge < -0.3 is 15.0 Å². The molecule has 0 aromatic heterocycles. The molecule has 1 N–H and O–H groups in total. The van der Waals surface area contributed by atoms with E-state index in [-0.39, 0.29) is 24.3 Å². The highest BCUT2D eigenvalue weighted by molar-refractivity contribution is 5.98. The fourth-order valence-corrected chi connectivity index (χ4v) is 5.13. The molecule has 2 amide bonds. The summed E-state index contributed by atoms with van der Waals surface area (Å²) >= 11 is 0. The molecule has 2 atom stereocenters. The summed E-state index contributed by atoms with van der Waals surface area (Å²) in [4.78, 5) is 30.9. The van der Waals surface area contributed by atoms with Crippen molar-refractivity contribution in [2.24, 2.45) is 5.92 Å². The van der Waals surface area contributed by atoms with Gasteiger partial charge in [0.1, 0.15) is 5.75 Å². The summed E-state index contributed by atoms with van der Waals surface area (Å²) in [5.41, 5.74) is 3.17. The van der Waals surface area contributed by atoms with Gasteiger partial charge in [-0.15, -0.1) is 0 Å². The summed E-state index contributed by atoms with van der Waals surface area (Å²) in [6, 6.07) is 28.0. The number of nitrogens with one attached hydrogen (secondary N) is 1. The van der Waals surface area contributed by atoms with E-state index in [2.05, 4.69) is 34.5 Å². The Balaban J connectivity index is 1.25. The van der Waals surface area contributed by atoms with Gasteiger partial charge in [0.15, 0.2) is 6.10 Å². The van der Waals surface area contributed by atoms with Gasteiger partial charge >= 0.3 is 0 Å². The summed E-state index contributed by atoms with van der Waals surface area (Å²) in [5.74, 6) is 0.367. The average Bonchev–Trinajstić information content (AvgIpc) is 2.93. The number of amides is 2. The second-order valence-corrected chi connectivity index (χ2v) is 9.61. The van der Waals surface area contributed by atoms with Crippen molar-refractivity contribution >= 4 is 17.5 Å². The van der Waals surface area contributed by atoms with E-state index in [0.717, 1.165) is 44.6 Å². The Kier molecular flexibility index (Phi) is 7.62. The first kappa shape index (κ1) is 24.1. The van der Waals surface area contributed by atoms with Gasteiger partial charge in [0.05, 0.1) is 18.2 Å². The minimum Gasteiger partial charge on any atom is -0.477 e. The molecule has 0 spiro atoms. The summed E-state index contributed by atoms with van der Waals surface area (Å²) in [6.07, 6.45) is 1.86. The molecule has 2 aliphatic rings. The number of rotatable bonds is 7. The molecule has 5 rings (SSSR count). The lowest BCUT2D eigenvalue weighted by atomic mass is 9.95. The van der Waals surface area contributed by atoms with E-state index in [1.54, 1.807) is 4.90 Å². The van der Waals surface area contributed by atoms with Gasteiger partial charge in [0.25, 0.3) is 5.91 Å². The monoisotopic (exact) mass is 483 g/mol. The van der Waals surface area contributed by atoms with Crippen LogP contribution in [0.1, 0.15) is 24.0 Å². The number of carbonyl (C=O) groups is 2. The predicted molar refractivity (Wildman–Crippen MR) is 141 cm³/mol. The number of piperidine rings is 1. The maximum atomic E-state index is 13.8. The van der Waals surface area contributed by atoms with Crippen LogP contribution >= 0.6 is 0 Å². The SMILES string of the molecule is O=C(NCCc1ccccc1)[C@@H]1CN(C(=O)[C@H]2CCCN(Cc3ccccc3)C2)c2ccccc2O1. The zero-order valence-corrected chi connectivity index (χ0v) is 20.5. The molecule has 3 aromatic rings. The molecule has 6 heteroatoms. The largest absolute Gasteiger partial charge is 0.477 e. The van der Waals surface area contributed by atoms with Crippen LogP contribution in [0.15, 0.2) is 84.9 Å². The lowest BCUT2D eigenvalue weighted by Crippen LogP contribution is -2.53. The van der Waals surface area contributed by atoms with Crippen LogP contribution in [0.3, 0.4) is 0 Å². The number of ether oxygens (including phenoxy) is 1. The number of carbonyl (C=O) groups excluding carboxylic acids is 2. The lowest BCUT2D eigenvalue weighted by Gasteiger charge is -2.38. The van der Waals surface area contributed by atoms with Crippen LogP contribution in [-0.4, -0.2) is 49.0 Å². The Morgan fingerprint density at radius 3 is 2.33 bits per heavy atom. The fourth-order valence-electron chi connectivity index (χ4n) is 5.13. The molecule has 0 unspecified atom stereocenters. The van der Waals surface area contributed by atoms with Crippen molar-refractivity contribution in [3.05, 3.63) is 96.1 Å². The van der Waals surface area contributed by atoms with Gasteiger partial charge in [-0.25, -0.2) is 0 Å². The van der Waals surface area contributed by atoms with Crippen molar-refractivity contribution in [1.29, 1.82) is 0 Å². The second kappa shape index (κ2) is 11.4.